The van der Waals surface area contributed by atoms with Gasteiger partial charge in [0.2, 0.25) is 0 Å². The van der Waals surface area contributed by atoms with E-state index in [1.54, 1.807) is 0 Å². The molecule has 6 heteroatoms. The van der Waals surface area contributed by atoms with E-state index in [1.807, 2.05) is 0 Å². The third kappa shape index (κ3) is 1.99. The fraction of sp³-hybridized carbons (Fsp3) is 0.333. The summed E-state index contributed by atoms with van der Waals surface area (Å²) in [4.78, 5) is 4.20. The first-order chi connectivity index (χ1) is 8.74. The summed E-state index contributed by atoms with van der Waals surface area (Å²) in [5, 5.41) is 7.10. The highest BCUT2D eigenvalue weighted by molar-refractivity contribution is 5.52. The summed E-state index contributed by atoms with van der Waals surface area (Å²) >= 11 is 0. The smallest absolute Gasteiger partial charge is 0.258 e. The lowest BCUT2D eigenvalue weighted by Gasteiger charge is -2.01. The maximum atomic E-state index is 13.1. The molecule has 18 heavy (non-hydrogen) atoms. The highest BCUT2D eigenvalue weighted by Gasteiger charge is 2.22. The van der Waals surface area contributed by atoms with Crippen molar-refractivity contribution in [2.45, 2.75) is 18.9 Å². The molecule has 0 spiro atoms. The summed E-state index contributed by atoms with van der Waals surface area (Å²) in [7, 11) is 0. The number of nitrogens with zero attached hydrogens (tertiary/aromatic N) is 2. The lowest BCUT2D eigenvalue weighted by Crippen LogP contribution is -2.14. The molecule has 4 nitrogen and oxygen atoms in total. The van der Waals surface area contributed by atoms with Crippen LogP contribution in [0.25, 0.3) is 11.5 Å². The van der Waals surface area contributed by atoms with Gasteiger partial charge in [-0.05, 0) is 37.6 Å². The number of benzene rings is 1. The maximum absolute atomic E-state index is 13.1. The molecule has 0 aliphatic carbocycles. The molecule has 0 radical (unpaired) electrons. The van der Waals surface area contributed by atoms with Crippen molar-refractivity contribution in [2.75, 3.05) is 6.54 Å². The second kappa shape index (κ2) is 4.45. The van der Waals surface area contributed by atoms with E-state index in [4.69, 9.17) is 4.52 Å². The third-order valence-corrected chi connectivity index (χ3v) is 2.98. The average Bonchev–Trinajstić information content (AvgIpc) is 3.01. The van der Waals surface area contributed by atoms with Gasteiger partial charge >= 0.3 is 0 Å². The Balaban J connectivity index is 1.89. The van der Waals surface area contributed by atoms with Gasteiger partial charge in [0.25, 0.3) is 5.89 Å². The molecular weight excluding hydrogens is 240 g/mol. The molecule has 94 valence electrons. The van der Waals surface area contributed by atoms with Crippen molar-refractivity contribution in [3.63, 3.8) is 0 Å². The molecule has 1 unspecified atom stereocenters. The Hall–Kier alpha value is -1.82. The molecule has 1 N–H and O–H groups in total. The topological polar surface area (TPSA) is 51.0 Å². The normalized spacial score (nSPS) is 19.3. The van der Waals surface area contributed by atoms with Crippen LogP contribution in [0.1, 0.15) is 24.7 Å². The molecule has 1 aliphatic rings. The van der Waals surface area contributed by atoms with Gasteiger partial charge in [-0.25, -0.2) is 8.78 Å². The van der Waals surface area contributed by atoms with Gasteiger partial charge in [-0.2, -0.15) is 4.98 Å². The summed E-state index contributed by atoms with van der Waals surface area (Å²) in [6.07, 6.45) is 2.02. The fourth-order valence-corrected chi connectivity index (χ4v) is 2.03. The monoisotopic (exact) mass is 251 g/mol. The molecule has 1 aromatic carbocycles. The molecule has 1 saturated heterocycles. The number of hydrogen-bond donors (Lipinski definition) is 1. The lowest BCUT2D eigenvalue weighted by atomic mass is 10.2. The molecule has 2 aromatic rings. The molecule has 0 bridgehead atoms. The van der Waals surface area contributed by atoms with Gasteiger partial charge in [0.1, 0.15) is 0 Å². The summed E-state index contributed by atoms with van der Waals surface area (Å²) in [6.45, 7) is 0.930. The van der Waals surface area contributed by atoms with Crippen LogP contribution < -0.4 is 5.32 Å². The summed E-state index contributed by atoms with van der Waals surface area (Å²) in [5.41, 5.74) is 0.380. The number of nitrogens with one attached hydrogen (secondary N) is 1. The highest BCUT2D eigenvalue weighted by Crippen LogP contribution is 2.24. The van der Waals surface area contributed by atoms with Crippen molar-refractivity contribution in [1.82, 2.24) is 15.5 Å². The van der Waals surface area contributed by atoms with Crippen LogP contribution >= 0.6 is 0 Å². The van der Waals surface area contributed by atoms with E-state index < -0.39 is 11.6 Å². The van der Waals surface area contributed by atoms with Gasteiger partial charge in [0.15, 0.2) is 17.5 Å². The van der Waals surface area contributed by atoms with Crippen molar-refractivity contribution in [1.29, 1.82) is 0 Å². The van der Waals surface area contributed by atoms with Crippen LogP contribution in [0, 0.1) is 11.6 Å². The van der Waals surface area contributed by atoms with Crippen LogP contribution in [0.5, 0.6) is 0 Å². The van der Waals surface area contributed by atoms with Crippen LogP contribution in [0.3, 0.4) is 0 Å². The van der Waals surface area contributed by atoms with E-state index in [2.05, 4.69) is 15.5 Å². The van der Waals surface area contributed by atoms with Crippen LogP contribution in [0.4, 0.5) is 8.78 Å². The number of rotatable bonds is 2. The first-order valence-electron chi connectivity index (χ1n) is 5.76. The fourth-order valence-electron chi connectivity index (χ4n) is 2.03. The number of halogens is 2. The van der Waals surface area contributed by atoms with Crippen molar-refractivity contribution < 1.29 is 13.3 Å². The minimum absolute atomic E-state index is 0.0906. The molecule has 1 fully saturated rings. The van der Waals surface area contributed by atoms with Gasteiger partial charge in [-0.1, -0.05) is 5.16 Å². The van der Waals surface area contributed by atoms with Crippen LogP contribution in [-0.4, -0.2) is 16.7 Å². The zero-order chi connectivity index (χ0) is 12.5. The predicted octanol–water partition coefficient (Wildman–Crippen LogP) is 2.44. The van der Waals surface area contributed by atoms with E-state index >= 15 is 0 Å². The SMILES string of the molecule is Fc1ccc(-c2nc(C3CCCN3)no2)cc1F. The highest BCUT2D eigenvalue weighted by atomic mass is 19.2. The minimum Gasteiger partial charge on any atom is -0.334 e. The second-order valence-corrected chi connectivity index (χ2v) is 4.24. The maximum Gasteiger partial charge on any atom is 0.258 e. The molecular formula is C12H11F2N3O. The van der Waals surface area contributed by atoms with Crippen LogP contribution in [0.15, 0.2) is 22.7 Å². The molecule has 2 heterocycles. The van der Waals surface area contributed by atoms with Gasteiger partial charge in [0.05, 0.1) is 6.04 Å². The van der Waals surface area contributed by atoms with Crippen molar-refractivity contribution in [2.24, 2.45) is 0 Å². The Labute approximate surface area is 102 Å². The Bertz CT molecular complexity index is 564. The molecule has 0 amide bonds. The van der Waals surface area contributed by atoms with Gasteiger partial charge < -0.3 is 9.84 Å². The van der Waals surface area contributed by atoms with E-state index in [9.17, 15) is 8.78 Å². The van der Waals surface area contributed by atoms with E-state index in [1.165, 1.54) is 6.07 Å². The quantitative estimate of drug-likeness (QED) is 0.890. The predicted molar refractivity (Wildman–Crippen MR) is 59.6 cm³/mol. The van der Waals surface area contributed by atoms with Crippen molar-refractivity contribution in [3.05, 3.63) is 35.7 Å². The summed E-state index contributed by atoms with van der Waals surface area (Å²) in [5.74, 6) is -1.05. The van der Waals surface area contributed by atoms with E-state index in [-0.39, 0.29) is 11.9 Å². The first kappa shape index (κ1) is 11.3. The third-order valence-electron chi connectivity index (χ3n) is 2.98. The van der Waals surface area contributed by atoms with E-state index in [0.29, 0.717) is 11.4 Å². The van der Waals surface area contributed by atoms with Crippen molar-refractivity contribution in [3.8, 4) is 11.5 Å². The standard InChI is InChI=1S/C12H11F2N3O/c13-8-4-3-7(6-9(8)14)12-16-11(17-18-12)10-2-1-5-15-10/h3-4,6,10,15H,1-2,5H2. The molecule has 3 rings (SSSR count). The van der Waals surface area contributed by atoms with Crippen LogP contribution in [0.2, 0.25) is 0 Å². The van der Waals surface area contributed by atoms with Crippen molar-refractivity contribution >= 4 is 0 Å². The Kier molecular flexibility index (Phi) is 2.79. The largest absolute Gasteiger partial charge is 0.334 e. The zero-order valence-electron chi connectivity index (χ0n) is 9.49. The van der Waals surface area contributed by atoms with Gasteiger partial charge in [-0.15, -0.1) is 0 Å². The number of aromatic nitrogens is 2. The van der Waals surface area contributed by atoms with Gasteiger partial charge in [-0.3, -0.25) is 0 Å². The molecule has 0 saturated carbocycles. The Morgan fingerprint density at radius 1 is 1.28 bits per heavy atom. The Morgan fingerprint density at radius 3 is 2.89 bits per heavy atom. The van der Waals surface area contributed by atoms with Gasteiger partial charge in [0, 0.05) is 5.56 Å². The lowest BCUT2D eigenvalue weighted by molar-refractivity contribution is 0.411. The molecule has 1 aliphatic heterocycles. The first-order valence-corrected chi connectivity index (χ1v) is 5.76. The molecule has 1 atom stereocenters. The summed E-state index contributed by atoms with van der Waals surface area (Å²) in [6, 6.07) is 3.60. The zero-order valence-corrected chi connectivity index (χ0v) is 9.49. The van der Waals surface area contributed by atoms with E-state index in [0.717, 1.165) is 31.5 Å². The van der Waals surface area contributed by atoms with Crippen LogP contribution in [-0.2, 0) is 0 Å². The average molecular weight is 251 g/mol. The second-order valence-electron chi connectivity index (χ2n) is 4.24. The minimum atomic E-state index is -0.925. The number of hydrogen-bond acceptors (Lipinski definition) is 4. The Morgan fingerprint density at radius 2 is 2.17 bits per heavy atom. The summed E-state index contributed by atoms with van der Waals surface area (Å²) < 4.78 is 31.0. The molecule has 1 aromatic heterocycles.